The van der Waals surface area contributed by atoms with Gasteiger partial charge in [-0.15, -0.1) is 0 Å². The molecule has 0 bridgehead atoms. The second-order valence-electron chi connectivity index (χ2n) is 3.36. The molecule has 1 rings (SSSR count). The Morgan fingerprint density at radius 3 is 3.14 bits per heavy atom. The van der Waals surface area contributed by atoms with E-state index in [1.54, 1.807) is 6.20 Å². The summed E-state index contributed by atoms with van der Waals surface area (Å²) in [6.07, 6.45) is 4.90. The number of nitrogens with one attached hydrogen (secondary N) is 2. The summed E-state index contributed by atoms with van der Waals surface area (Å²) in [7, 11) is 0. The standard InChI is InChI=1S/C9H16N4O/c1-7(10)3-2-4-11-9(14)8-5-12-13-6-8/h5-7H,2-4,10H2,1H3,(H,11,14)(H,12,13). The van der Waals surface area contributed by atoms with E-state index in [9.17, 15) is 4.79 Å². The van der Waals surface area contributed by atoms with E-state index in [1.165, 1.54) is 6.20 Å². The highest BCUT2D eigenvalue weighted by molar-refractivity contribution is 5.93. The molecule has 0 spiro atoms. The van der Waals surface area contributed by atoms with Gasteiger partial charge in [-0.05, 0) is 19.8 Å². The fourth-order valence-corrected chi connectivity index (χ4v) is 1.10. The van der Waals surface area contributed by atoms with Crippen LogP contribution in [0.4, 0.5) is 0 Å². The first-order chi connectivity index (χ1) is 6.70. The highest BCUT2D eigenvalue weighted by Gasteiger charge is 2.04. The number of carbonyl (C=O) groups excluding carboxylic acids is 1. The molecule has 1 amide bonds. The number of rotatable bonds is 5. The van der Waals surface area contributed by atoms with Crippen LogP contribution in [0.3, 0.4) is 0 Å². The second kappa shape index (κ2) is 5.39. The molecule has 0 aliphatic rings. The SMILES string of the molecule is CC(N)CCCNC(=O)c1cn[nH]c1. The van der Waals surface area contributed by atoms with Crippen LogP contribution < -0.4 is 11.1 Å². The molecule has 1 atom stereocenters. The predicted molar refractivity (Wildman–Crippen MR) is 53.8 cm³/mol. The van der Waals surface area contributed by atoms with Gasteiger partial charge in [0.25, 0.3) is 5.91 Å². The third-order valence-electron chi connectivity index (χ3n) is 1.88. The Balaban J connectivity index is 2.16. The highest BCUT2D eigenvalue weighted by Crippen LogP contribution is 1.95. The van der Waals surface area contributed by atoms with Gasteiger partial charge < -0.3 is 11.1 Å². The van der Waals surface area contributed by atoms with Crippen molar-refractivity contribution >= 4 is 5.91 Å². The van der Waals surface area contributed by atoms with Crippen LogP contribution >= 0.6 is 0 Å². The molecule has 5 nitrogen and oxygen atoms in total. The van der Waals surface area contributed by atoms with Crippen molar-refractivity contribution in [1.29, 1.82) is 0 Å². The molecule has 1 aromatic rings. The van der Waals surface area contributed by atoms with Crippen LogP contribution in [0.2, 0.25) is 0 Å². The van der Waals surface area contributed by atoms with Gasteiger partial charge in [0, 0.05) is 18.8 Å². The highest BCUT2D eigenvalue weighted by atomic mass is 16.1. The van der Waals surface area contributed by atoms with Crippen LogP contribution in [-0.4, -0.2) is 28.7 Å². The lowest BCUT2D eigenvalue weighted by Gasteiger charge is -2.05. The van der Waals surface area contributed by atoms with E-state index >= 15 is 0 Å². The summed E-state index contributed by atoms with van der Waals surface area (Å²) < 4.78 is 0. The minimum Gasteiger partial charge on any atom is -0.352 e. The molecule has 0 saturated heterocycles. The minimum atomic E-state index is -0.0941. The molecular weight excluding hydrogens is 180 g/mol. The summed E-state index contributed by atoms with van der Waals surface area (Å²) in [5.74, 6) is -0.0941. The first kappa shape index (κ1) is 10.7. The monoisotopic (exact) mass is 196 g/mol. The smallest absolute Gasteiger partial charge is 0.254 e. The number of amides is 1. The van der Waals surface area contributed by atoms with Crippen molar-refractivity contribution in [2.24, 2.45) is 5.73 Å². The molecular formula is C9H16N4O. The van der Waals surface area contributed by atoms with Gasteiger partial charge in [-0.25, -0.2) is 0 Å². The average molecular weight is 196 g/mol. The van der Waals surface area contributed by atoms with Gasteiger partial charge in [0.05, 0.1) is 11.8 Å². The topological polar surface area (TPSA) is 83.8 Å². The number of H-pyrrole nitrogens is 1. The molecule has 0 fully saturated rings. The molecule has 1 heterocycles. The minimum absolute atomic E-state index is 0.0941. The quantitative estimate of drug-likeness (QED) is 0.591. The molecule has 4 N–H and O–H groups in total. The van der Waals surface area contributed by atoms with Gasteiger partial charge in [-0.3, -0.25) is 9.89 Å². The first-order valence-corrected chi connectivity index (χ1v) is 4.72. The Kier molecular flexibility index (Phi) is 4.12. The van der Waals surface area contributed by atoms with Gasteiger partial charge in [-0.2, -0.15) is 5.10 Å². The zero-order valence-corrected chi connectivity index (χ0v) is 8.29. The maximum atomic E-state index is 11.3. The van der Waals surface area contributed by atoms with E-state index in [4.69, 9.17) is 5.73 Å². The lowest BCUT2D eigenvalue weighted by Crippen LogP contribution is -2.25. The van der Waals surface area contributed by atoms with Crippen molar-refractivity contribution in [3.05, 3.63) is 18.0 Å². The van der Waals surface area contributed by atoms with Crippen LogP contribution in [-0.2, 0) is 0 Å². The van der Waals surface area contributed by atoms with Gasteiger partial charge >= 0.3 is 0 Å². The molecule has 5 heteroatoms. The number of hydrogen-bond acceptors (Lipinski definition) is 3. The van der Waals surface area contributed by atoms with Crippen molar-refractivity contribution in [2.45, 2.75) is 25.8 Å². The Labute approximate surface area is 83.1 Å². The lowest BCUT2D eigenvalue weighted by atomic mass is 10.2. The predicted octanol–water partition coefficient (Wildman–Crippen LogP) is 0.267. The molecule has 0 aromatic carbocycles. The summed E-state index contributed by atoms with van der Waals surface area (Å²) in [6.45, 7) is 2.61. The molecule has 14 heavy (non-hydrogen) atoms. The number of nitrogens with two attached hydrogens (primary N) is 1. The fourth-order valence-electron chi connectivity index (χ4n) is 1.10. The number of aromatic nitrogens is 2. The average Bonchev–Trinajstić information content (AvgIpc) is 2.64. The molecule has 0 aliphatic carbocycles. The molecule has 0 radical (unpaired) electrons. The van der Waals surface area contributed by atoms with Crippen LogP contribution in [0.5, 0.6) is 0 Å². The largest absolute Gasteiger partial charge is 0.352 e. The Bertz CT molecular complexity index is 268. The number of hydrogen-bond donors (Lipinski definition) is 3. The number of nitrogens with zero attached hydrogens (tertiary/aromatic N) is 1. The Morgan fingerprint density at radius 2 is 2.57 bits per heavy atom. The van der Waals surface area contributed by atoms with Crippen molar-refractivity contribution < 1.29 is 4.79 Å². The van der Waals surface area contributed by atoms with Gasteiger partial charge in [0.15, 0.2) is 0 Å². The van der Waals surface area contributed by atoms with E-state index in [0.717, 1.165) is 12.8 Å². The summed E-state index contributed by atoms with van der Waals surface area (Å²) >= 11 is 0. The van der Waals surface area contributed by atoms with E-state index in [2.05, 4.69) is 15.5 Å². The van der Waals surface area contributed by atoms with Crippen LogP contribution in [0.15, 0.2) is 12.4 Å². The van der Waals surface area contributed by atoms with Gasteiger partial charge in [0.1, 0.15) is 0 Å². The van der Waals surface area contributed by atoms with E-state index in [-0.39, 0.29) is 11.9 Å². The maximum absolute atomic E-state index is 11.3. The van der Waals surface area contributed by atoms with Crippen LogP contribution in [0, 0.1) is 0 Å². The third-order valence-corrected chi connectivity index (χ3v) is 1.88. The number of aromatic amines is 1. The maximum Gasteiger partial charge on any atom is 0.254 e. The summed E-state index contributed by atoms with van der Waals surface area (Å²) in [4.78, 5) is 11.3. The Hall–Kier alpha value is -1.36. The lowest BCUT2D eigenvalue weighted by molar-refractivity contribution is 0.0953. The molecule has 0 aliphatic heterocycles. The van der Waals surface area contributed by atoms with Crippen molar-refractivity contribution in [2.75, 3.05) is 6.54 Å². The normalized spacial score (nSPS) is 12.4. The van der Waals surface area contributed by atoms with Crippen molar-refractivity contribution in [3.63, 3.8) is 0 Å². The van der Waals surface area contributed by atoms with Gasteiger partial charge in [0.2, 0.25) is 0 Å². The Morgan fingerprint density at radius 1 is 1.79 bits per heavy atom. The van der Waals surface area contributed by atoms with Crippen molar-refractivity contribution in [3.8, 4) is 0 Å². The van der Waals surface area contributed by atoms with Gasteiger partial charge in [-0.1, -0.05) is 0 Å². The molecule has 1 unspecified atom stereocenters. The zero-order chi connectivity index (χ0) is 10.4. The fraction of sp³-hybridized carbons (Fsp3) is 0.556. The summed E-state index contributed by atoms with van der Waals surface area (Å²) in [5, 5.41) is 9.07. The first-order valence-electron chi connectivity index (χ1n) is 4.72. The second-order valence-corrected chi connectivity index (χ2v) is 3.36. The zero-order valence-electron chi connectivity index (χ0n) is 8.29. The summed E-state index contributed by atoms with van der Waals surface area (Å²) in [5.41, 5.74) is 6.14. The van der Waals surface area contributed by atoms with Crippen molar-refractivity contribution in [1.82, 2.24) is 15.5 Å². The third kappa shape index (κ3) is 3.57. The molecule has 78 valence electrons. The molecule has 1 aromatic heterocycles. The van der Waals surface area contributed by atoms with E-state index < -0.39 is 0 Å². The van der Waals surface area contributed by atoms with Crippen LogP contribution in [0.25, 0.3) is 0 Å². The summed E-state index contributed by atoms with van der Waals surface area (Å²) in [6, 6.07) is 0.195. The van der Waals surface area contributed by atoms with E-state index in [1.807, 2.05) is 6.92 Å². The number of carbonyl (C=O) groups is 1. The van der Waals surface area contributed by atoms with Crippen LogP contribution in [0.1, 0.15) is 30.1 Å². The van der Waals surface area contributed by atoms with E-state index in [0.29, 0.717) is 12.1 Å². The molecule has 0 saturated carbocycles.